The van der Waals surface area contributed by atoms with Crippen molar-refractivity contribution in [3.8, 4) is 0 Å². The molecule has 0 spiro atoms. The van der Waals surface area contributed by atoms with Crippen molar-refractivity contribution in [1.29, 1.82) is 0 Å². The first-order chi connectivity index (χ1) is 11.7. The van der Waals surface area contributed by atoms with Gasteiger partial charge in [0.1, 0.15) is 0 Å². The van der Waals surface area contributed by atoms with E-state index in [1.54, 1.807) is 16.8 Å². The Labute approximate surface area is 143 Å². The second kappa shape index (κ2) is 5.22. The van der Waals surface area contributed by atoms with E-state index in [4.69, 9.17) is 0 Å². The van der Waals surface area contributed by atoms with Crippen LogP contribution in [0.1, 0.15) is 40.3 Å². The molecule has 0 saturated heterocycles. The van der Waals surface area contributed by atoms with Crippen LogP contribution in [0.2, 0.25) is 0 Å². The predicted molar refractivity (Wildman–Crippen MR) is 99.6 cm³/mol. The molecule has 0 aliphatic carbocycles. The molecular weight excluding hydrogens is 292 g/mol. The van der Waals surface area contributed by atoms with Gasteiger partial charge in [-0.3, -0.25) is 0 Å². The Morgan fingerprint density at radius 2 is 1.88 bits per heavy atom. The maximum atomic E-state index is 2.64. The molecule has 2 aliphatic heterocycles. The van der Waals surface area contributed by atoms with Crippen molar-refractivity contribution in [1.82, 2.24) is 9.47 Å². The highest BCUT2D eigenvalue weighted by Crippen LogP contribution is 2.42. The summed E-state index contributed by atoms with van der Waals surface area (Å²) in [6.45, 7) is 5.69. The molecular formula is C22H24N2. The zero-order chi connectivity index (χ0) is 16.3. The number of aromatic nitrogens is 1. The van der Waals surface area contributed by atoms with Crippen molar-refractivity contribution in [2.24, 2.45) is 0 Å². The van der Waals surface area contributed by atoms with E-state index < -0.39 is 0 Å². The topological polar surface area (TPSA) is 8.17 Å². The molecule has 3 heterocycles. The molecule has 0 radical (unpaired) electrons. The maximum absolute atomic E-state index is 2.64. The van der Waals surface area contributed by atoms with Crippen LogP contribution in [0.3, 0.4) is 0 Å². The summed E-state index contributed by atoms with van der Waals surface area (Å²) in [4.78, 5) is 2.46. The summed E-state index contributed by atoms with van der Waals surface area (Å²) in [5.41, 5.74) is 9.10. The van der Waals surface area contributed by atoms with Gasteiger partial charge in [-0.25, -0.2) is 0 Å². The van der Waals surface area contributed by atoms with E-state index in [1.807, 2.05) is 0 Å². The molecule has 0 bridgehead atoms. The molecule has 2 aromatic carbocycles. The van der Waals surface area contributed by atoms with Crippen LogP contribution < -0.4 is 0 Å². The van der Waals surface area contributed by atoms with E-state index in [0.29, 0.717) is 5.92 Å². The number of fused-ring (bicyclic) bond motifs is 3. The van der Waals surface area contributed by atoms with Gasteiger partial charge in [0.2, 0.25) is 0 Å². The largest absolute Gasteiger partial charge is 0.344 e. The molecule has 1 atom stereocenters. The first kappa shape index (κ1) is 14.3. The molecule has 0 saturated carbocycles. The Kier molecular flexibility index (Phi) is 3.11. The van der Waals surface area contributed by atoms with Crippen LogP contribution in [-0.4, -0.2) is 23.1 Å². The second-order valence-corrected chi connectivity index (χ2v) is 7.57. The monoisotopic (exact) mass is 316 g/mol. The lowest BCUT2D eigenvalue weighted by molar-refractivity contribution is 0.308. The van der Waals surface area contributed by atoms with E-state index in [1.165, 1.54) is 41.4 Å². The molecule has 2 nitrogen and oxygen atoms in total. The minimum atomic E-state index is 0.537. The third-order valence-corrected chi connectivity index (χ3v) is 5.93. The van der Waals surface area contributed by atoms with Gasteiger partial charge in [0.15, 0.2) is 0 Å². The lowest BCUT2D eigenvalue weighted by atomic mass is 9.84. The van der Waals surface area contributed by atoms with Crippen LogP contribution in [-0.2, 0) is 19.5 Å². The van der Waals surface area contributed by atoms with E-state index in [-0.39, 0.29) is 0 Å². The number of rotatable bonds is 1. The minimum absolute atomic E-state index is 0.537. The Morgan fingerprint density at radius 1 is 1.04 bits per heavy atom. The zero-order valence-electron chi connectivity index (χ0n) is 14.5. The minimum Gasteiger partial charge on any atom is -0.344 e. The number of hydrogen-bond donors (Lipinski definition) is 0. The molecule has 5 rings (SSSR count). The Morgan fingerprint density at radius 3 is 2.71 bits per heavy atom. The summed E-state index contributed by atoms with van der Waals surface area (Å²) >= 11 is 0. The van der Waals surface area contributed by atoms with Gasteiger partial charge in [-0.1, -0.05) is 42.0 Å². The summed E-state index contributed by atoms with van der Waals surface area (Å²) in [6, 6.07) is 15.9. The number of benzene rings is 2. The molecule has 2 aliphatic rings. The summed E-state index contributed by atoms with van der Waals surface area (Å²) in [6.07, 6.45) is 2.40. The Balaban J connectivity index is 1.79. The van der Waals surface area contributed by atoms with Crippen LogP contribution in [0.25, 0.3) is 10.9 Å². The fraction of sp³-hybridized carbons (Fsp3) is 0.364. The SMILES string of the molecule is Cc1cc2c3c(c1)c1c(n3CCC2c2ccccc2)CCN(C)C1. The summed E-state index contributed by atoms with van der Waals surface area (Å²) < 4.78 is 2.64. The molecule has 24 heavy (non-hydrogen) atoms. The van der Waals surface area contributed by atoms with E-state index in [2.05, 4.69) is 65.9 Å². The van der Waals surface area contributed by atoms with Gasteiger partial charge in [-0.05, 0) is 43.1 Å². The van der Waals surface area contributed by atoms with Gasteiger partial charge in [0, 0.05) is 43.1 Å². The van der Waals surface area contributed by atoms with Gasteiger partial charge < -0.3 is 9.47 Å². The van der Waals surface area contributed by atoms with Crippen molar-refractivity contribution < 1.29 is 0 Å². The lowest BCUT2D eigenvalue weighted by Crippen LogP contribution is -2.27. The highest BCUT2D eigenvalue weighted by Gasteiger charge is 2.30. The van der Waals surface area contributed by atoms with Crippen molar-refractivity contribution in [2.75, 3.05) is 13.6 Å². The number of aryl methyl sites for hydroxylation is 2. The van der Waals surface area contributed by atoms with Crippen molar-refractivity contribution in [3.05, 3.63) is 70.4 Å². The summed E-state index contributed by atoms with van der Waals surface area (Å²) in [5, 5.41) is 1.51. The molecule has 1 unspecified atom stereocenters. The van der Waals surface area contributed by atoms with Crippen LogP contribution in [0.4, 0.5) is 0 Å². The maximum Gasteiger partial charge on any atom is 0.0524 e. The molecule has 0 fully saturated rings. The van der Waals surface area contributed by atoms with Crippen molar-refractivity contribution >= 4 is 10.9 Å². The average Bonchev–Trinajstić information content (AvgIpc) is 2.90. The smallest absolute Gasteiger partial charge is 0.0524 e. The number of hydrogen-bond acceptors (Lipinski definition) is 1. The predicted octanol–water partition coefficient (Wildman–Crippen LogP) is 4.47. The molecule has 1 aromatic heterocycles. The fourth-order valence-electron chi connectivity index (χ4n) is 4.86. The van der Waals surface area contributed by atoms with Gasteiger partial charge in [-0.15, -0.1) is 0 Å². The fourth-order valence-corrected chi connectivity index (χ4v) is 4.86. The molecule has 122 valence electrons. The van der Waals surface area contributed by atoms with Crippen LogP contribution in [0.15, 0.2) is 42.5 Å². The third-order valence-electron chi connectivity index (χ3n) is 5.93. The highest BCUT2D eigenvalue weighted by molar-refractivity contribution is 5.90. The Bertz CT molecular complexity index is 920. The van der Waals surface area contributed by atoms with Gasteiger partial charge in [0.05, 0.1) is 5.52 Å². The Hall–Kier alpha value is -2.06. The lowest BCUT2D eigenvalue weighted by Gasteiger charge is -2.28. The zero-order valence-corrected chi connectivity index (χ0v) is 14.5. The molecule has 2 heteroatoms. The summed E-state index contributed by atoms with van der Waals surface area (Å²) in [7, 11) is 2.25. The normalized spacial score (nSPS) is 20.3. The third kappa shape index (κ3) is 1.99. The van der Waals surface area contributed by atoms with Crippen LogP contribution in [0, 0.1) is 6.92 Å². The van der Waals surface area contributed by atoms with Crippen molar-refractivity contribution in [2.45, 2.75) is 38.8 Å². The first-order valence-electron chi connectivity index (χ1n) is 9.10. The van der Waals surface area contributed by atoms with Crippen molar-refractivity contribution in [3.63, 3.8) is 0 Å². The second-order valence-electron chi connectivity index (χ2n) is 7.57. The molecule has 3 aromatic rings. The van der Waals surface area contributed by atoms with E-state index >= 15 is 0 Å². The first-order valence-corrected chi connectivity index (χ1v) is 9.10. The highest BCUT2D eigenvalue weighted by atomic mass is 15.1. The number of likely N-dealkylation sites (N-methyl/N-ethyl adjacent to an activating group) is 1. The number of nitrogens with zero attached hydrogens (tertiary/aromatic N) is 2. The molecule has 0 amide bonds. The van der Waals surface area contributed by atoms with Crippen LogP contribution in [0.5, 0.6) is 0 Å². The van der Waals surface area contributed by atoms with Gasteiger partial charge in [0.25, 0.3) is 0 Å². The van der Waals surface area contributed by atoms with Gasteiger partial charge >= 0.3 is 0 Å². The van der Waals surface area contributed by atoms with E-state index in [9.17, 15) is 0 Å². The summed E-state index contributed by atoms with van der Waals surface area (Å²) in [5.74, 6) is 0.537. The quantitative estimate of drug-likeness (QED) is 0.643. The molecule has 0 N–H and O–H groups in total. The standard InChI is InChI=1S/C22H24N2/c1-15-12-18-17(16-6-4-3-5-7-16)8-11-24-21-9-10-23(2)14-20(21)19(13-15)22(18)24/h3-7,12-13,17H,8-11,14H2,1-2H3. The van der Waals surface area contributed by atoms with Crippen LogP contribution >= 0.6 is 0 Å². The van der Waals surface area contributed by atoms with Gasteiger partial charge in [-0.2, -0.15) is 0 Å². The van der Waals surface area contributed by atoms with E-state index in [0.717, 1.165) is 13.1 Å². The average molecular weight is 316 g/mol.